The van der Waals surface area contributed by atoms with Crippen LogP contribution in [0.25, 0.3) is 17.1 Å². The first-order chi connectivity index (χ1) is 15.3. The second kappa shape index (κ2) is 9.22. The van der Waals surface area contributed by atoms with Crippen molar-refractivity contribution in [1.29, 1.82) is 0 Å². The van der Waals surface area contributed by atoms with Crippen molar-refractivity contribution in [3.05, 3.63) is 92.7 Å². The number of benzene rings is 3. The highest BCUT2D eigenvalue weighted by molar-refractivity contribution is 9.10. The normalized spacial score (nSPS) is 10.9. The lowest BCUT2D eigenvalue weighted by molar-refractivity contribution is -0.116. The Labute approximate surface area is 200 Å². The number of nitrogens with one attached hydrogen (secondary N) is 1. The van der Waals surface area contributed by atoms with Gasteiger partial charge in [-0.25, -0.2) is 4.68 Å². The maximum Gasteiger partial charge on any atom is 0.246 e. The first kappa shape index (κ1) is 22.2. The molecule has 0 aliphatic carbocycles. The Morgan fingerprint density at radius 2 is 1.72 bits per heavy atom. The fourth-order valence-corrected chi connectivity index (χ4v) is 4.14. The topological polar surface area (TPSA) is 51.9 Å². The van der Waals surface area contributed by atoms with Crippen molar-refractivity contribution in [2.24, 2.45) is 0 Å². The molecule has 1 N–H and O–H groups in total. The maximum atomic E-state index is 12.8. The van der Waals surface area contributed by atoms with Gasteiger partial charge in [-0.1, -0.05) is 57.9 Å². The minimum Gasteiger partial charge on any atom is -0.324 e. The van der Waals surface area contributed by atoms with Gasteiger partial charge in [-0.2, -0.15) is 5.10 Å². The molecule has 1 aromatic heterocycles. The minimum atomic E-state index is -0.177. The van der Waals surface area contributed by atoms with E-state index in [0.29, 0.717) is 10.6 Å². The van der Waals surface area contributed by atoms with Gasteiger partial charge in [-0.05, 0) is 74.4 Å². The lowest BCUT2D eigenvalue weighted by Crippen LogP contribution is -2.20. The van der Waals surface area contributed by atoms with Gasteiger partial charge in [-0.15, -0.1) is 0 Å². The molecule has 0 saturated carbocycles. The van der Waals surface area contributed by atoms with Crippen molar-refractivity contribution in [1.82, 2.24) is 14.3 Å². The molecule has 0 fully saturated rings. The number of aromatic nitrogens is 3. The van der Waals surface area contributed by atoms with E-state index in [1.807, 2.05) is 86.0 Å². The number of hydrogen-bond donors (Lipinski definition) is 1. The van der Waals surface area contributed by atoms with Gasteiger partial charge >= 0.3 is 0 Å². The number of hydrogen-bond acceptors (Lipinski definition) is 3. The Balaban J connectivity index is 1.73. The van der Waals surface area contributed by atoms with Crippen molar-refractivity contribution in [3.8, 4) is 17.1 Å². The molecule has 1 heterocycles. The van der Waals surface area contributed by atoms with Crippen molar-refractivity contribution in [2.75, 3.05) is 5.32 Å². The summed E-state index contributed by atoms with van der Waals surface area (Å²) < 4.78 is 4.93. The number of carbonyl (C=O) groups excluding carboxylic acids is 1. The summed E-state index contributed by atoms with van der Waals surface area (Å²) >= 11 is 9.24. The molecule has 0 unspecified atom stereocenters. The van der Waals surface area contributed by atoms with Crippen LogP contribution >= 0.6 is 28.1 Å². The Morgan fingerprint density at radius 1 is 1.00 bits per heavy atom. The SMILES string of the molecule is Cc1cccc(-n2c(-c3ccc(Br)cc3)nn(CC(=O)Nc3ccc(C)cc3C)c2=S)c1. The van der Waals surface area contributed by atoms with Crippen LogP contribution in [0, 0.1) is 25.5 Å². The molecule has 0 saturated heterocycles. The van der Waals surface area contributed by atoms with Crippen LogP contribution in [-0.4, -0.2) is 20.3 Å². The molecule has 5 nitrogen and oxygen atoms in total. The number of aryl methyl sites for hydroxylation is 3. The second-order valence-corrected chi connectivity index (χ2v) is 9.09. The Hall–Kier alpha value is -3.03. The third-order valence-corrected chi connectivity index (χ3v) is 6.07. The average molecular weight is 507 g/mol. The third kappa shape index (κ3) is 4.74. The lowest BCUT2D eigenvalue weighted by Gasteiger charge is -2.09. The van der Waals surface area contributed by atoms with E-state index in [0.717, 1.165) is 38.1 Å². The molecule has 3 aromatic carbocycles. The first-order valence-electron chi connectivity index (χ1n) is 10.2. The zero-order valence-corrected chi connectivity index (χ0v) is 20.5. The van der Waals surface area contributed by atoms with E-state index in [-0.39, 0.29) is 12.5 Å². The van der Waals surface area contributed by atoms with Crippen LogP contribution < -0.4 is 5.32 Å². The van der Waals surface area contributed by atoms with Gasteiger partial charge in [0.1, 0.15) is 6.54 Å². The molecule has 4 rings (SSSR count). The average Bonchev–Trinajstić information content (AvgIpc) is 3.06. The van der Waals surface area contributed by atoms with E-state index in [9.17, 15) is 4.79 Å². The Morgan fingerprint density at radius 3 is 2.41 bits per heavy atom. The molecule has 162 valence electrons. The van der Waals surface area contributed by atoms with Gasteiger partial charge in [0.15, 0.2) is 5.82 Å². The molecular formula is C25H23BrN4OS. The highest BCUT2D eigenvalue weighted by Gasteiger charge is 2.17. The van der Waals surface area contributed by atoms with Gasteiger partial charge in [0.05, 0.1) is 5.69 Å². The van der Waals surface area contributed by atoms with Gasteiger partial charge < -0.3 is 5.32 Å². The van der Waals surface area contributed by atoms with E-state index in [1.54, 1.807) is 4.68 Å². The molecule has 7 heteroatoms. The molecule has 32 heavy (non-hydrogen) atoms. The fourth-order valence-electron chi connectivity index (χ4n) is 3.58. The van der Waals surface area contributed by atoms with E-state index >= 15 is 0 Å². The zero-order valence-electron chi connectivity index (χ0n) is 18.1. The maximum absolute atomic E-state index is 12.8. The van der Waals surface area contributed by atoms with Crippen molar-refractivity contribution < 1.29 is 4.79 Å². The predicted molar refractivity (Wildman–Crippen MR) is 135 cm³/mol. The summed E-state index contributed by atoms with van der Waals surface area (Å²) in [6.45, 7) is 6.06. The van der Waals surface area contributed by atoms with Gasteiger partial charge in [0.25, 0.3) is 0 Å². The molecule has 0 bridgehead atoms. The van der Waals surface area contributed by atoms with Crippen LogP contribution in [0.1, 0.15) is 16.7 Å². The van der Waals surface area contributed by atoms with Crippen LogP contribution in [0.2, 0.25) is 0 Å². The summed E-state index contributed by atoms with van der Waals surface area (Å²) in [4.78, 5) is 12.8. The largest absolute Gasteiger partial charge is 0.324 e. The lowest BCUT2D eigenvalue weighted by atomic mass is 10.1. The Kier molecular flexibility index (Phi) is 6.39. The minimum absolute atomic E-state index is 0.0223. The molecule has 0 spiro atoms. The number of rotatable bonds is 5. The highest BCUT2D eigenvalue weighted by Crippen LogP contribution is 2.25. The van der Waals surface area contributed by atoms with Crippen LogP contribution in [0.3, 0.4) is 0 Å². The molecule has 0 atom stereocenters. The monoisotopic (exact) mass is 506 g/mol. The third-order valence-electron chi connectivity index (χ3n) is 5.15. The van der Waals surface area contributed by atoms with E-state index in [1.165, 1.54) is 0 Å². The number of nitrogens with zero attached hydrogens (tertiary/aromatic N) is 3. The number of halogens is 1. The predicted octanol–water partition coefficient (Wildman–Crippen LogP) is 6.40. The fraction of sp³-hybridized carbons (Fsp3) is 0.160. The molecule has 0 aliphatic heterocycles. The summed E-state index contributed by atoms with van der Waals surface area (Å²) in [5, 5.41) is 7.71. The van der Waals surface area contributed by atoms with Crippen molar-refractivity contribution >= 4 is 39.7 Å². The number of anilines is 1. The van der Waals surface area contributed by atoms with Crippen molar-refractivity contribution in [2.45, 2.75) is 27.3 Å². The molecular weight excluding hydrogens is 484 g/mol. The highest BCUT2D eigenvalue weighted by atomic mass is 79.9. The van der Waals surface area contributed by atoms with Gasteiger partial charge in [0, 0.05) is 15.7 Å². The standard InChI is InChI=1S/C25H23BrN4OS/c1-16-5-4-6-21(14-16)30-24(19-8-10-20(26)11-9-19)28-29(25(30)32)15-23(31)27-22-12-7-17(2)13-18(22)3/h4-14H,15H2,1-3H3,(H,27,31). The molecule has 4 aromatic rings. The second-order valence-electron chi connectivity index (χ2n) is 7.81. The molecule has 0 aliphatic rings. The summed E-state index contributed by atoms with van der Waals surface area (Å²) in [6.07, 6.45) is 0. The van der Waals surface area contributed by atoms with Crippen LogP contribution in [0.15, 0.2) is 71.2 Å². The number of carbonyl (C=O) groups is 1. The van der Waals surface area contributed by atoms with Crippen LogP contribution in [-0.2, 0) is 11.3 Å². The van der Waals surface area contributed by atoms with Crippen LogP contribution in [0.5, 0.6) is 0 Å². The van der Waals surface area contributed by atoms with Crippen LogP contribution in [0.4, 0.5) is 5.69 Å². The quantitative estimate of drug-likeness (QED) is 0.318. The van der Waals surface area contributed by atoms with Gasteiger partial charge in [-0.3, -0.25) is 9.36 Å². The summed E-state index contributed by atoms with van der Waals surface area (Å²) in [6, 6.07) is 21.9. The summed E-state index contributed by atoms with van der Waals surface area (Å²) in [5.41, 5.74) is 5.90. The van der Waals surface area contributed by atoms with E-state index in [4.69, 9.17) is 17.3 Å². The molecule has 0 radical (unpaired) electrons. The van der Waals surface area contributed by atoms with E-state index < -0.39 is 0 Å². The number of amides is 1. The molecule has 1 amide bonds. The smallest absolute Gasteiger partial charge is 0.246 e. The van der Waals surface area contributed by atoms with Gasteiger partial charge in [0.2, 0.25) is 10.7 Å². The van der Waals surface area contributed by atoms with Crippen molar-refractivity contribution in [3.63, 3.8) is 0 Å². The first-order valence-corrected chi connectivity index (χ1v) is 11.4. The zero-order chi connectivity index (χ0) is 22.8. The summed E-state index contributed by atoms with van der Waals surface area (Å²) in [7, 11) is 0. The Bertz CT molecular complexity index is 1360. The summed E-state index contributed by atoms with van der Waals surface area (Å²) in [5.74, 6) is 0.511. The van der Waals surface area contributed by atoms with E-state index in [2.05, 4.69) is 27.3 Å².